The highest BCUT2D eigenvalue weighted by Crippen LogP contribution is 2.28. The van der Waals surface area contributed by atoms with Crippen molar-refractivity contribution in [3.8, 4) is 11.8 Å². The molecular formula is C21H23N. The smallest absolute Gasteiger partial charge is 0.0530 e. The van der Waals surface area contributed by atoms with E-state index in [-0.39, 0.29) is 0 Å². The lowest BCUT2D eigenvalue weighted by molar-refractivity contribution is 0.557. The van der Waals surface area contributed by atoms with Gasteiger partial charge in [-0.2, -0.15) is 0 Å². The first kappa shape index (κ1) is 14.7. The van der Waals surface area contributed by atoms with Crippen LogP contribution in [0.4, 0.5) is 5.69 Å². The molecule has 112 valence electrons. The molecule has 1 heteroatoms. The van der Waals surface area contributed by atoms with Gasteiger partial charge in [0.05, 0.1) is 5.69 Å². The third-order valence-corrected chi connectivity index (χ3v) is 4.41. The van der Waals surface area contributed by atoms with Crippen LogP contribution in [0.5, 0.6) is 0 Å². The van der Waals surface area contributed by atoms with Crippen molar-refractivity contribution in [2.75, 3.05) is 4.90 Å². The Hall–Kier alpha value is -2.20. The van der Waals surface area contributed by atoms with Crippen LogP contribution in [0.25, 0.3) is 0 Å². The average Bonchev–Trinajstić information content (AvgIpc) is 2.55. The molecule has 1 aliphatic heterocycles. The maximum Gasteiger partial charge on any atom is 0.0530 e. The summed E-state index contributed by atoms with van der Waals surface area (Å²) >= 11 is 0. The number of nitrogens with zero attached hydrogens (tertiary/aromatic N) is 1. The van der Waals surface area contributed by atoms with Crippen molar-refractivity contribution in [1.29, 1.82) is 0 Å². The zero-order valence-corrected chi connectivity index (χ0v) is 13.5. The summed E-state index contributed by atoms with van der Waals surface area (Å²) in [5, 5.41) is 0. The number of para-hydroxylation sites is 1. The van der Waals surface area contributed by atoms with Crippen molar-refractivity contribution in [2.24, 2.45) is 0 Å². The summed E-state index contributed by atoms with van der Waals surface area (Å²) in [5.74, 6) is 6.72. The largest absolute Gasteiger partial charge is 0.363 e. The molecule has 0 aromatic heterocycles. The number of hydrogen-bond acceptors (Lipinski definition) is 1. The molecule has 3 rings (SSSR count). The first-order chi connectivity index (χ1) is 10.8. The van der Waals surface area contributed by atoms with Crippen LogP contribution in [-0.2, 0) is 6.54 Å². The molecule has 0 aliphatic carbocycles. The second-order valence-electron chi connectivity index (χ2n) is 6.04. The van der Waals surface area contributed by atoms with E-state index in [0.29, 0.717) is 6.04 Å². The fourth-order valence-electron chi connectivity index (χ4n) is 3.06. The standard InChI is InChI=1S/C21H23N/c1-3-4-9-17(2)22-16-20-12-6-5-10-18(20)14-15-19-11-7-8-13-21(19)22/h5-8,10-13,17H,3-4,9,16H2,1-2H3. The van der Waals surface area contributed by atoms with Gasteiger partial charge in [-0.1, -0.05) is 61.9 Å². The minimum Gasteiger partial charge on any atom is -0.363 e. The number of unbranched alkanes of at least 4 members (excludes halogenated alkanes) is 1. The molecule has 1 atom stereocenters. The number of anilines is 1. The van der Waals surface area contributed by atoms with E-state index in [0.717, 1.165) is 17.7 Å². The Labute approximate surface area is 134 Å². The molecule has 1 heterocycles. The summed E-state index contributed by atoms with van der Waals surface area (Å²) in [6.45, 7) is 5.53. The van der Waals surface area contributed by atoms with E-state index in [1.165, 1.54) is 30.5 Å². The van der Waals surface area contributed by atoms with Crippen molar-refractivity contribution < 1.29 is 0 Å². The molecular weight excluding hydrogens is 266 g/mol. The van der Waals surface area contributed by atoms with E-state index in [9.17, 15) is 0 Å². The number of rotatable bonds is 4. The van der Waals surface area contributed by atoms with E-state index in [2.05, 4.69) is 79.1 Å². The van der Waals surface area contributed by atoms with Gasteiger partial charge in [0, 0.05) is 23.7 Å². The first-order valence-electron chi connectivity index (χ1n) is 8.25. The van der Waals surface area contributed by atoms with E-state index in [1.807, 2.05) is 0 Å². The minimum absolute atomic E-state index is 0.522. The molecule has 1 nitrogen and oxygen atoms in total. The van der Waals surface area contributed by atoms with Crippen LogP contribution in [0.3, 0.4) is 0 Å². The fraction of sp³-hybridized carbons (Fsp3) is 0.333. The molecule has 0 saturated carbocycles. The number of hydrogen-bond donors (Lipinski definition) is 0. The molecule has 0 fully saturated rings. The summed E-state index contributed by atoms with van der Waals surface area (Å²) in [5.41, 5.74) is 4.89. The van der Waals surface area contributed by atoms with Gasteiger partial charge in [0.15, 0.2) is 0 Å². The zero-order chi connectivity index (χ0) is 15.4. The molecule has 2 aromatic carbocycles. The van der Waals surface area contributed by atoms with Crippen molar-refractivity contribution >= 4 is 5.69 Å². The van der Waals surface area contributed by atoms with Crippen LogP contribution in [0.1, 0.15) is 49.8 Å². The van der Waals surface area contributed by atoms with Crippen LogP contribution in [0.15, 0.2) is 48.5 Å². The quantitative estimate of drug-likeness (QED) is 0.717. The monoisotopic (exact) mass is 289 g/mol. The van der Waals surface area contributed by atoms with Gasteiger partial charge in [-0.15, -0.1) is 0 Å². The van der Waals surface area contributed by atoms with Crippen LogP contribution in [0, 0.1) is 11.8 Å². The fourth-order valence-corrected chi connectivity index (χ4v) is 3.06. The number of fused-ring (bicyclic) bond motifs is 2. The van der Waals surface area contributed by atoms with Crippen LogP contribution in [0.2, 0.25) is 0 Å². The van der Waals surface area contributed by atoms with E-state index >= 15 is 0 Å². The van der Waals surface area contributed by atoms with E-state index in [4.69, 9.17) is 0 Å². The van der Waals surface area contributed by atoms with Gasteiger partial charge in [-0.3, -0.25) is 0 Å². The van der Waals surface area contributed by atoms with Gasteiger partial charge in [0.2, 0.25) is 0 Å². The highest BCUT2D eigenvalue weighted by Gasteiger charge is 2.19. The van der Waals surface area contributed by atoms with Gasteiger partial charge in [-0.05, 0) is 37.1 Å². The van der Waals surface area contributed by atoms with Gasteiger partial charge in [0.25, 0.3) is 0 Å². The molecule has 0 spiro atoms. The third-order valence-electron chi connectivity index (χ3n) is 4.41. The van der Waals surface area contributed by atoms with Crippen molar-refractivity contribution in [3.05, 3.63) is 65.2 Å². The van der Waals surface area contributed by atoms with Crippen molar-refractivity contribution in [1.82, 2.24) is 0 Å². The van der Waals surface area contributed by atoms with Crippen LogP contribution in [-0.4, -0.2) is 6.04 Å². The van der Waals surface area contributed by atoms with Gasteiger partial charge in [0.1, 0.15) is 0 Å². The Morgan fingerprint density at radius 3 is 2.50 bits per heavy atom. The molecule has 1 aliphatic rings. The Kier molecular flexibility index (Phi) is 4.49. The molecule has 1 unspecified atom stereocenters. The van der Waals surface area contributed by atoms with Gasteiger partial charge in [-0.25, -0.2) is 0 Å². The Morgan fingerprint density at radius 2 is 1.68 bits per heavy atom. The lowest BCUT2D eigenvalue weighted by atomic mass is 10.00. The third kappa shape index (κ3) is 3.02. The maximum atomic E-state index is 3.37. The summed E-state index contributed by atoms with van der Waals surface area (Å²) in [7, 11) is 0. The Bertz CT molecular complexity index is 705. The predicted octanol–water partition coefficient (Wildman–Crippen LogP) is 4.99. The lowest BCUT2D eigenvalue weighted by Gasteiger charge is -2.33. The number of benzene rings is 2. The summed E-state index contributed by atoms with van der Waals surface area (Å²) < 4.78 is 0. The second kappa shape index (κ2) is 6.71. The highest BCUT2D eigenvalue weighted by molar-refractivity contribution is 5.64. The van der Waals surface area contributed by atoms with Gasteiger partial charge >= 0.3 is 0 Å². The molecule has 2 aromatic rings. The topological polar surface area (TPSA) is 3.24 Å². The highest BCUT2D eigenvalue weighted by atomic mass is 15.2. The minimum atomic E-state index is 0.522. The second-order valence-corrected chi connectivity index (χ2v) is 6.04. The van der Waals surface area contributed by atoms with Crippen molar-refractivity contribution in [3.63, 3.8) is 0 Å². The summed E-state index contributed by atoms with van der Waals surface area (Å²) in [6.07, 6.45) is 3.74. The molecule has 0 N–H and O–H groups in total. The van der Waals surface area contributed by atoms with E-state index in [1.54, 1.807) is 0 Å². The molecule has 0 radical (unpaired) electrons. The zero-order valence-electron chi connectivity index (χ0n) is 13.5. The first-order valence-corrected chi connectivity index (χ1v) is 8.25. The molecule has 0 bridgehead atoms. The SMILES string of the molecule is CCCCC(C)N1Cc2ccccc2C#Cc2ccccc21. The van der Waals surface area contributed by atoms with Crippen LogP contribution < -0.4 is 4.90 Å². The maximum absolute atomic E-state index is 3.37. The summed E-state index contributed by atoms with van der Waals surface area (Å²) in [4.78, 5) is 2.53. The van der Waals surface area contributed by atoms with Crippen molar-refractivity contribution in [2.45, 2.75) is 45.7 Å². The molecule has 0 saturated heterocycles. The Balaban J connectivity index is 2.05. The molecule has 22 heavy (non-hydrogen) atoms. The average molecular weight is 289 g/mol. The lowest BCUT2D eigenvalue weighted by Crippen LogP contribution is -2.33. The molecule has 0 amide bonds. The van der Waals surface area contributed by atoms with Crippen LogP contribution >= 0.6 is 0 Å². The van der Waals surface area contributed by atoms with Gasteiger partial charge < -0.3 is 4.90 Å². The van der Waals surface area contributed by atoms with E-state index < -0.39 is 0 Å². The predicted molar refractivity (Wildman–Crippen MR) is 94.0 cm³/mol. The normalized spacial score (nSPS) is 14.0. The summed E-state index contributed by atoms with van der Waals surface area (Å²) in [6, 6.07) is 17.6. The Morgan fingerprint density at radius 1 is 1.00 bits per heavy atom.